The minimum Gasteiger partial charge on any atom is -0.298 e. The quantitative estimate of drug-likeness (QED) is 0.708. The Hall–Kier alpha value is -0.0800. The lowest BCUT2D eigenvalue weighted by atomic mass is 9.75. The minimum absolute atomic E-state index is 0.565. The van der Waals surface area contributed by atoms with Crippen molar-refractivity contribution in [1.82, 2.24) is 9.80 Å². The molecule has 0 amide bonds. The second-order valence-corrected chi connectivity index (χ2v) is 6.36. The third-order valence-electron chi connectivity index (χ3n) is 5.39. The van der Waals surface area contributed by atoms with Gasteiger partial charge in [-0.25, -0.2) is 0 Å². The highest BCUT2D eigenvalue weighted by Crippen LogP contribution is 2.41. The molecule has 2 aliphatic heterocycles. The van der Waals surface area contributed by atoms with Gasteiger partial charge in [-0.3, -0.25) is 9.80 Å². The van der Waals surface area contributed by atoms with Gasteiger partial charge in [0.25, 0.3) is 0 Å². The summed E-state index contributed by atoms with van der Waals surface area (Å²) >= 11 is 0. The van der Waals surface area contributed by atoms with E-state index in [-0.39, 0.29) is 0 Å². The van der Waals surface area contributed by atoms with Gasteiger partial charge in [-0.1, -0.05) is 6.92 Å². The van der Waals surface area contributed by atoms with Crippen molar-refractivity contribution >= 4 is 0 Å². The van der Waals surface area contributed by atoms with E-state index in [0.717, 1.165) is 12.1 Å². The van der Waals surface area contributed by atoms with Crippen LogP contribution in [0.25, 0.3) is 0 Å². The number of nitrogens with zero attached hydrogens (tertiary/aromatic N) is 2. The first-order valence-corrected chi connectivity index (χ1v) is 7.24. The molecular weight excluding hydrogens is 196 g/mol. The highest BCUT2D eigenvalue weighted by molar-refractivity contribution is 5.02. The second kappa shape index (κ2) is 3.99. The Bertz CT molecular complexity index is 259. The molecule has 0 aromatic heterocycles. The predicted molar refractivity (Wildman–Crippen MR) is 67.6 cm³/mol. The van der Waals surface area contributed by atoms with Gasteiger partial charge in [0, 0.05) is 30.7 Å². The summed E-state index contributed by atoms with van der Waals surface area (Å²) in [6.07, 6.45) is 8.55. The topological polar surface area (TPSA) is 6.48 Å². The first kappa shape index (κ1) is 11.0. The molecule has 3 rings (SSSR count). The van der Waals surface area contributed by atoms with E-state index >= 15 is 0 Å². The number of rotatable bonds is 2. The number of piperazine rings is 1. The van der Waals surface area contributed by atoms with Gasteiger partial charge in [-0.2, -0.15) is 0 Å². The number of hydrogen-bond donors (Lipinski definition) is 0. The standard InChI is InChI=1S/C14H26N2/c1-3-12-10-15-9-4-6-13(15)11-16(12)14(2)7-5-8-14/h12-13H,3-11H2,1-2H3. The molecule has 3 aliphatic rings. The Kier molecular flexibility index (Phi) is 2.75. The van der Waals surface area contributed by atoms with E-state index in [4.69, 9.17) is 0 Å². The van der Waals surface area contributed by atoms with Gasteiger partial charge in [0.1, 0.15) is 0 Å². The zero-order valence-electron chi connectivity index (χ0n) is 10.9. The van der Waals surface area contributed by atoms with Crippen LogP contribution >= 0.6 is 0 Å². The molecule has 0 spiro atoms. The first-order chi connectivity index (χ1) is 7.73. The van der Waals surface area contributed by atoms with Crippen LogP contribution in [-0.4, -0.2) is 47.1 Å². The van der Waals surface area contributed by atoms with Crippen molar-refractivity contribution in [3.05, 3.63) is 0 Å². The Balaban J connectivity index is 1.75. The van der Waals surface area contributed by atoms with Crippen molar-refractivity contribution in [3.8, 4) is 0 Å². The minimum atomic E-state index is 0.565. The SMILES string of the molecule is CCC1CN2CCCC2CN1C1(C)CCC1. The van der Waals surface area contributed by atoms with Gasteiger partial charge in [0.05, 0.1) is 0 Å². The zero-order valence-corrected chi connectivity index (χ0v) is 10.9. The molecule has 0 aromatic rings. The van der Waals surface area contributed by atoms with Crippen LogP contribution in [0.5, 0.6) is 0 Å². The lowest BCUT2D eigenvalue weighted by Crippen LogP contribution is -2.64. The second-order valence-electron chi connectivity index (χ2n) is 6.36. The van der Waals surface area contributed by atoms with E-state index in [1.165, 1.54) is 58.2 Å². The maximum atomic E-state index is 2.88. The van der Waals surface area contributed by atoms with Crippen LogP contribution in [0.3, 0.4) is 0 Å². The fraction of sp³-hybridized carbons (Fsp3) is 1.00. The van der Waals surface area contributed by atoms with Gasteiger partial charge < -0.3 is 0 Å². The molecule has 2 nitrogen and oxygen atoms in total. The molecule has 0 aromatic carbocycles. The average molecular weight is 222 g/mol. The monoisotopic (exact) mass is 222 g/mol. The van der Waals surface area contributed by atoms with E-state index in [1.54, 1.807) is 0 Å². The lowest BCUT2D eigenvalue weighted by Gasteiger charge is -2.56. The van der Waals surface area contributed by atoms with E-state index in [2.05, 4.69) is 23.6 Å². The van der Waals surface area contributed by atoms with E-state index < -0.39 is 0 Å². The number of fused-ring (bicyclic) bond motifs is 1. The summed E-state index contributed by atoms with van der Waals surface area (Å²) in [5.41, 5.74) is 0.565. The third kappa shape index (κ3) is 1.62. The molecule has 0 bridgehead atoms. The van der Waals surface area contributed by atoms with Crippen molar-refractivity contribution in [2.45, 2.75) is 70.0 Å². The molecule has 0 N–H and O–H groups in total. The van der Waals surface area contributed by atoms with E-state index in [9.17, 15) is 0 Å². The number of hydrogen-bond acceptors (Lipinski definition) is 2. The highest BCUT2D eigenvalue weighted by Gasteiger charge is 2.45. The maximum Gasteiger partial charge on any atom is 0.0226 e. The average Bonchev–Trinajstić information content (AvgIpc) is 2.71. The Labute approximate surface area is 100.0 Å². The summed E-state index contributed by atoms with van der Waals surface area (Å²) in [4.78, 5) is 5.63. The van der Waals surface area contributed by atoms with Crippen molar-refractivity contribution in [1.29, 1.82) is 0 Å². The van der Waals surface area contributed by atoms with Gasteiger partial charge in [-0.15, -0.1) is 0 Å². The summed E-state index contributed by atoms with van der Waals surface area (Å²) in [7, 11) is 0. The smallest absolute Gasteiger partial charge is 0.0226 e. The van der Waals surface area contributed by atoms with Crippen LogP contribution < -0.4 is 0 Å². The summed E-state index contributed by atoms with van der Waals surface area (Å²) in [5, 5.41) is 0. The Morgan fingerprint density at radius 2 is 2.00 bits per heavy atom. The summed E-state index contributed by atoms with van der Waals surface area (Å²) in [5.74, 6) is 0. The molecule has 1 saturated carbocycles. The summed E-state index contributed by atoms with van der Waals surface area (Å²) in [6.45, 7) is 8.94. The molecule has 2 atom stereocenters. The van der Waals surface area contributed by atoms with Crippen LogP contribution in [0.15, 0.2) is 0 Å². The van der Waals surface area contributed by atoms with Crippen molar-refractivity contribution in [3.63, 3.8) is 0 Å². The molecule has 2 unspecified atom stereocenters. The Morgan fingerprint density at radius 3 is 2.62 bits per heavy atom. The third-order valence-corrected chi connectivity index (χ3v) is 5.39. The molecular formula is C14H26N2. The maximum absolute atomic E-state index is 2.88. The predicted octanol–water partition coefficient (Wildman–Crippen LogP) is 2.49. The van der Waals surface area contributed by atoms with Gasteiger partial charge in [0.15, 0.2) is 0 Å². The summed E-state index contributed by atoms with van der Waals surface area (Å²) < 4.78 is 0. The molecule has 2 saturated heterocycles. The molecule has 0 radical (unpaired) electrons. The first-order valence-electron chi connectivity index (χ1n) is 7.24. The zero-order chi connectivity index (χ0) is 11.2. The van der Waals surface area contributed by atoms with Crippen LogP contribution in [0.1, 0.15) is 52.4 Å². The largest absolute Gasteiger partial charge is 0.298 e. The fourth-order valence-electron chi connectivity index (χ4n) is 4.07. The fourth-order valence-corrected chi connectivity index (χ4v) is 4.07. The highest BCUT2D eigenvalue weighted by atomic mass is 15.3. The lowest BCUT2D eigenvalue weighted by molar-refractivity contribution is -0.0596. The molecule has 3 fully saturated rings. The van der Waals surface area contributed by atoms with Crippen molar-refractivity contribution in [2.24, 2.45) is 0 Å². The molecule has 92 valence electrons. The Morgan fingerprint density at radius 1 is 1.19 bits per heavy atom. The van der Waals surface area contributed by atoms with Gasteiger partial charge >= 0.3 is 0 Å². The molecule has 2 heterocycles. The molecule has 2 heteroatoms. The normalized spacial score (nSPS) is 39.4. The van der Waals surface area contributed by atoms with Gasteiger partial charge in [0.2, 0.25) is 0 Å². The molecule has 16 heavy (non-hydrogen) atoms. The van der Waals surface area contributed by atoms with Gasteiger partial charge in [-0.05, 0) is 52.0 Å². The van der Waals surface area contributed by atoms with Crippen molar-refractivity contribution < 1.29 is 0 Å². The van der Waals surface area contributed by atoms with Crippen LogP contribution in [0.2, 0.25) is 0 Å². The summed E-state index contributed by atoms with van der Waals surface area (Å²) in [6, 6.07) is 1.72. The van der Waals surface area contributed by atoms with Crippen LogP contribution in [0, 0.1) is 0 Å². The van der Waals surface area contributed by atoms with Crippen LogP contribution in [-0.2, 0) is 0 Å². The van der Waals surface area contributed by atoms with Crippen molar-refractivity contribution in [2.75, 3.05) is 19.6 Å². The molecule has 1 aliphatic carbocycles. The van der Waals surface area contributed by atoms with E-state index in [0.29, 0.717) is 5.54 Å². The van der Waals surface area contributed by atoms with E-state index in [1.807, 2.05) is 0 Å². The van der Waals surface area contributed by atoms with Crippen LogP contribution in [0.4, 0.5) is 0 Å².